The molecule has 7 heteroatoms. The quantitative estimate of drug-likeness (QED) is 0.761. The molecule has 0 aromatic heterocycles. The number of hydrogen-bond acceptors (Lipinski definition) is 4. The van der Waals surface area contributed by atoms with Crippen molar-refractivity contribution in [3.63, 3.8) is 0 Å². The van der Waals surface area contributed by atoms with Crippen LogP contribution in [-0.4, -0.2) is 47.5 Å². The van der Waals surface area contributed by atoms with Crippen LogP contribution >= 0.6 is 0 Å². The topological polar surface area (TPSA) is 87.7 Å². The zero-order valence-electron chi connectivity index (χ0n) is 18.9. The van der Waals surface area contributed by atoms with Crippen LogP contribution in [0.2, 0.25) is 0 Å². The molecule has 0 bridgehead atoms. The first kappa shape index (κ1) is 24.5. The molecule has 2 N–H and O–H groups in total. The SMILES string of the molecule is CCc1ccc(C(C(=O)NC(C)(C)C)N(C)C(=O)CNC(=O)OC(C)(C)C)cc1. The number of amides is 3. The van der Waals surface area contributed by atoms with Crippen molar-refractivity contribution < 1.29 is 19.1 Å². The summed E-state index contributed by atoms with van der Waals surface area (Å²) in [5.74, 6) is -0.681. The van der Waals surface area contributed by atoms with Crippen molar-refractivity contribution in [3.8, 4) is 0 Å². The van der Waals surface area contributed by atoms with E-state index in [0.29, 0.717) is 5.56 Å². The van der Waals surface area contributed by atoms with Gasteiger partial charge in [-0.2, -0.15) is 0 Å². The Morgan fingerprint density at radius 2 is 1.59 bits per heavy atom. The Balaban J connectivity index is 2.99. The number of nitrogens with zero attached hydrogens (tertiary/aromatic N) is 1. The molecule has 0 fully saturated rings. The Kier molecular flexibility index (Phi) is 8.24. The molecule has 0 aliphatic carbocycles. The fourth-order valence-electron chi connectivity index (χ4n) is 2.66. The summed E-state index contributed by atoms with van der Waals surface area (Å²) in [6.45, 7) is 12.7. The molecule has 1 rings (SSSR count). The Morgan fingerprint density at radius 3 is 2.03 bits per heavy atom. The van der Waals surface area contributed by atoms with Crippen LogP contribution in [0.5, 0.6) is 0 Å². The number of alkyl carbamates (subject to hydrolysis) is 1. The minimum atomic E-state index is -0.812. The number of aryl methyl sites for hydroxylation is 1. The summed E-state index contributed by atoms with van der Waals surface area (Å²) >= 11 is 0. The fourth-order valence-corrected chi connectivity index (χ4v) is 2.66. The molecule has 1 aromatic rings. The molecule has 1 aromatic carbocycles. The molecule has 0 saturated carbocycles. The van der Waals surface area contributed by atoms with E-state index in [2.05, 4.69) is 17.6 Å². The highest BCUT2D eigenvalue weighted by Gasteiger charge is 2.31. The second-order valence-electron chi connectivity index (χ2n) is 9.10. The van der Waals surface area contributed by atoms with Crippen LogP contribution in [0.15, 0.2) is 24.3 Å². The molecule has 1 atom stereocenters. The van der Waals surface area contributed by atoms with Crippen molar-refractivity contribution in [2.24, 2.45) is 0 Å². The van der Waals surface area contributed by atoms with Crippen molar-refractivity contribution in [1.29, 1.82) is 0 Å². The maximum atomic E-state index is 13.0. The van der Waals surface area contributed by atoms with Crippen molar-refractivity contribution in [1.82, 2.24) is 15.5 Å². The lowest BCUT2D eigenvalue weighted by atomic mass is 10.00. The number of ether oxygens (including phenoxy) is 1. The Labute approximate surface area is 174 Å². The van der Waals surface area contributed by atoms with Crippen molar-refractivity contribution in [2.45, 2.75) is 72.1 Å². The van der Waals surface area contributed by atoms with Gasteiger partial charge in [0.1, 0.15) is 18.2 Å². The molecule has 7 nitrogen and oxygen atoms in total. The predicted molar refractivity (Wildman–Crippen MR) is 113 cm³/mol. The van der Waals surface area contributed by atoms with Gasteiger partial charge in [0.2, 0.25) is 11.8 Å². The molecule has 0 spiro atoms. The predicted octanol–water partition coefficient (Wildman–Crippen LogP) is 3.19. The van der Waals surface area contributed by atoms with Gasteiger partial charge < -0.3 is 20.3 Å². The van der Waals surface area contributed by atoms with Gasteiger partial charge in [0.05, 0.1) is 0 Å². The van der Waals surface area contributed by atoms with Gasteiger partial charge in [0.25, 0.3) is 0 Å². The van der Waals surface area contributed by atoms with Crippen LogP contribution < -0.4 is 10.6 Å². The fraction of sp³-hybridized carbons (Fsp3) is 0.591. The first-order valence-corrected chi connectivity index (χ1v) is 9.87. The van der Waals surface area contributed by atoms with Crippen LogP contribution in [0.4, 0.5) is 4.79 Å². The minimum Gasteiger partial charge on any atom is -0.444 e. The number of likely N-dealkylation sites (N-methyl/N-ethyl adjacent to an activating group) is 1. The molecule has 3 amide bonds. The zero-order chi connectivity index (χ0) is 22.4. The summed E-state index contributed by atoms with van der Waals surface area (Å²) in [6, 6.07) is 6.80. The molecule has 29 heavy (non-hydrogen) atoms. The smallest absolute Gasteiger partial charge is 0.408 e. The number of benzene rings is 1. The molecule has 0 heterocycles. The average molecular weight is 406 g/mol. The molecular formula is C22H35N3O4. The molecular weight excluding hydrogens is 370 g/mol. The Hall–Kier alpha value is -2.57. The molecule has 0 saturated heterocycles. The van der Waals surface area contributed by atoms with E-state index in [9.17, 15) is 14.4 Å². The third-order valence-electron chi connectivity index (χ3n) is 4.01. The minimum absolute atomic E-state index is 0.266. The van der Waals surface area contributed by atoms with Crippen molar-refractivity contribution >= 4 is 17.9 Å². The highest BCUT2D eigenvalue weighted by molar-refractivity contribution is 5.90. The van der Waals surface area contributed by atoms with E-state index in [1.807, 2.05) is 45.0 Å². The normalized spacial score (nSPS) is 12.7. The van der Waals surface area contributed by atoms with E-state index in [1.54, 1.807) is 27.8 Å². The molecule has 162 valence electrons. The van der Waals surface area contributed by atoms with E-state index in [1.165, 1.54) is 4.90 Å². The van der Waals surface area contributed by atoms with Crippen molar-refractivity contribution in [3.05, 3.63) is 35.4 Å². The summed E-state index contributed by atoms with van der Waals surface area (Å²) in [5.41, 5.74) is 0.744. The molecule has 0 aliphatic rings. The Bertz CT molecular complexity index is 715. The second kappa shape index (κ2) is 9.76. The van der Waals surface area contributed by atoms with Crippen molar-refractivity contribution in [2.75, 3.05) is 13.6 Å². The van der Waals surface area contributed by atoms with Gasteiger partial charge in [-0.15, -0.1) is 0 Å². The van der Waals surface area contributed by atoms with Gasteiger partial charge >= 0.3 is 6.09 Å². The largest absolute Gasteiger partial charge is 0.444 e. The van der Waals surface area contributed by atoms with Crippen LogP contribution in [0.1, 0.15) is 65.6 Å². The maximum Gasteiger partial charge on any atom is 0.408 e. The van der Waals surface area contributed by atoms with E-state index >= 15 is 0 Å². The standard InChI is InChI=1S/C22H35N3O4/c1-9-15-10-12-16(13-11-15)18(19(27)24-21(2,3)4)25(8)17(26)14-23-20(28)29-22(5,6)7/h10-13,18H,9,14H2,1-8H3,(H,23,28)(H,24,27). The van der Waals surface area contributed by atoms with Crippen LogP contribution in [0, 0.1) is 0 Å². The lowest BCUT2D eigenvalue weighted by molar-refractivity contribution is -0.139. The summed E-state index contributed by atoms with van der Waals surface area (Å²) in [6.07, 6.45) is 0.204. The first-order valence-electron chi connectivity index (χ1n) is 9.87. The van der Waals surface area contributed by atoms with E-state index < -0.39 is 29.2 Å². The van der Waals surface area contributed by atoms with Gasteiger partial charge in [0.15, 0.2) is 0 Å². The Morgan fingerprint density at radius 1 is 1.03 bits per heavy atom. The van der Waals surface area contributed by atoms with E-state index in [-0.39, 0.29) is 12.5 Å². The highest BCUT2D eigenvalue weighted by Crippen LogP contribution is 2.22. The first-order chi connectivity index (χ1) is 13.2. The van der Waals surface area contributed by atoms with Gasteiger partial charge in [-0.1, -0.05) is 31.2 Å². The van der Waals surface area contributed by atoms with E-state index in [0.717, 1.165) is 12.0 Å². The van der Waals surface area contributed by atoms with Gasteiger partial charge in [-0.05, 0) is 59.1 Å². The number of rotatable bonds is 6. The number of carbonyl (C=O) groups excluding carboxylic acids is 3. The van der Waals surface area contributed by atoms with Crippen LogP contribution in [-0.2, 0) is 20.7 Å². The molecule has 0 radical (unpaired) electrons. The monoisotopic (exact) mass is 405 g/mol. The third kappa shape index (κ3) is 8.54. The average Bonchev–Trinajstić information content (AvgIpc) is 2.57. The molecule has 0 aliphatic heterocycles. The van der Waals surface area contributed by atoms with Gasteiger partial charge in [0, 0.05) is 12.6 Å². The lowest BCUT2D eigenvalue weighted by Crippen LogP contribution is -2.50. The van der Waals surface area contributed by atoms with Crippen LogP contribution in [0.25, 0.3) is 0 Å². The van der Waals surface area contributed by atoms with Gasteiger partial charge in [-0.3, -0.25) is 9.59 Å². The summed E-state index contributed by atoms with van der Waals surface area (Å²) in [4.78, 5) is 38.8. The number of hydrogen-bond donors (Lipinski definition) is 2. The summed E-state index contributed by atoms with van der Waals surface area (Å²) in [7, 11) is 1.56. The van der Waals surface area contributed by atoms with E-state index in [4.69, 9.17) is 4.74 Å². The maximum absolute atomic E-state index is 13.0. The third-order valence-corrected chi connectivity index (χ3v) is 4.01. The summed E-state index contributed by atoms with van der Waals surface area (Å²) < 4.78 is 5.15. The van der Waals surface area contributed by atoms with Gasteiger partial charge in [-0.25, -0.2) is 4.79 Å². The second-order valence-corrected chi connectivity index (χ2v) is 9.10. The lowest BCUT2D eigenvalue weighted by Gasteiger charge is -2.31. The highest BCUT2D eigenvalue weighted by atomic mass is 16.6. The van der Waals surface area contributed by atoms with Crippen LogP contribution in [0.3, 0.4) is 0 Å². The number of carbonyl (C=O) groups is 3. The zero-order valence-corrected chi connectivity index (χ0v) is 18.9. The number of nitrogens with one attached hydrogen (secondary N) is 2. The summed E-state index contributed by atoms with van der Waals surface area (Å²) in [5, 5.41) is 5.38. The molecule has 1 unspecified atom stereocenters.